The third kappa shape index (κ3) is 3.85. The van der Waals surface area contributed by atoms with Crippen molar-refractivity contribution in [1.29, 1.82) is 0 Å². The minimum atomic E-state index is -3.38. The van der Waals surface area contributed by atoms with Crippen molar-refractivity contribution >= 4 is 27.3 Å². The van der Waals surface area contributed by atoms with Crippen LogP contribution in [0.4, 0.5) is 11.4 Å². The maximum atomic E-state index is 12.9. The second kappa shape index (κ2) is 6.88. The summed E-state index contributed by atoms with van der Waals surface area (Å²) in [6.07, 6.45) is 2.10. The average molecular weight is 358 g/mol. The van der Waals surface area contributed by atoms with Crippen LogP contribution in [-0.4, -0.2) is 33.7 Å². The van der Waals surface area contributed by atoms with E-state index in [0.717, 1.165) is 11.1 Å². The van der Waals surface area contributed by atoms with Gasteiger partial charge in [-0.25, -0.2) is 8.42 Å². The number of rotatable bonds is 3. The standard InChI is InChI=1S/C19H22N2O3S/c1-15-7-5-8-16(13-15)14-19(22)20-11-6-12-21(25(2,23)24)18-10-4-3-9-17(18)20/h3-5,7-10,13H,6,11-12,14H2,1-2H3. The number of nitrogens with zero attached hydrogens (tertiary/aromatic N) is 2. The molecule has 2 aromatic rings. The van der Waals surface area contributed by atoms with Crippen molar-refractivity contribution in [2.24, 2.45) is 0 Å². The first-order chi connectivity index (χ1) is 11.9. The molecule has 0 fully saturated rings. The molecule has 6 heteroatoms. The third-order valence-electron chi connectivity index (χ3n) is 4.32. The second-order valence-corrected chi connectivity index (χ2v) is 8.30. The van der Waals surface area contributed by atoms with Gasteiger partial charge in [0.25, 0.3) is 0 Å². The van der Waals surface area contributed by atoms with Gasteiger partial charge in [0.05, 0.1) is 24.1 Å². The van der Waals surface area contributed by atoms with Crippen LogP contribution < -0.4 is 9.21 Å². The number of anilines is 2. The largest absolute Gasteiger partial charge is 0.310 e. The van der Waals surface area contributed by atoms with Gasteiger partial charge in [0.1, 0.15) is 0 Å². The number of amides is 1. The van der Waals surface area contributed by atoms with Crippen LogP contribution in [0.25, 0.3) is 0 Å². The number of hydrogen-bond acceptors (Lipinski definition) is 3. The predicted octanol–water partition coefficient (Wildman–Crippen LogP) is 2.74. The molecule has 0 N–H and O–H groups in total. The number of sulfonamides is 1. The lowest BCUT2D eigenvalue weighted by Gasteiger charge is -2.25. The van der Waals surface area contributed by atoms with Gasteiger partial charge in [0.15, 0.2) is 0 Å². The molecule has 0 atom stereocenters. The molecule has 0 radical (unpaired) electrons. The van der Waals surface area contributed by atoms with Crippen molar-refractivity contribution < 1.29 is 13.2 Å². The molecule has 0 unspecified atom stereocenters. The average Bonchev–Trinajstić information content (AvgIpc) is 2.74. The van der Waals surface area contributed by atoms with Crippen molar-refractivity contribution in [2.75, 3.05) is 28.6 Å². The van der Waals surface area contributed by atoms with Gasteiger partial charge >= 0.3 is 0 Å². The fourth-order valence-electron chi connectivity index (χ4n) is 3.21. The van der Waals surface area contributed by atoms with Crippen molar-refractivity contribution in [3.8, 4) is 0 Å². The molecule has 25 heavy (non-hydrogen) atoms. The first-order valence-corrected chi connectivity index (χ1v) is 10.1. The fourth-order valence-corrected chi connectivity index (χ4v) is 4.18. The van der Waals surface area contributed by atoms with E-state index in [0.29, 0.717) is 37.3 Å². The van der Waals surface area contributed by atoms with E-state index < -0.39 is 10.0 Å². The minimum Gasteiger partial charge on any atom is -0.310 e. The Morgan fingerprint density at radius 2 is 1.76 bits per heavy atom. The zero-order chi connectivity index (χ0) is 18.0. The highest BCUT2D eigenvalue weighted by molar-refractivity contribution is 7.92. The Morgan fingerprint density at radius 3 is 2.44 bits per heavy atom. The van der Waals surface area contributed by atoms with E-state index in [1.165, 1.54) is 10.6 Å². The number of carbonyl (C=O) groups excluding carboxylic acids is 1. The summed E-state index contributed by atoms with van der Waals surface area (Å²) in [4.78, 5) is 14.6. The van der Waals surface area contributed by atoms with Crippen LogP contribution >= 0.6 is 0 Å². The van der Waals surface area contributed by atoms with Crippen LogP contribution in [0.2, 0.25) is 0 Å². The molecule has 2 aromatic carbocycles. The summed E-state index contributed by atoms with van der Waals surface area (Å²) in [6, 6.07) is 15.1. The van der Waals surface area contributed by atoms with E-state index >= 15 is 0 Å². The molecular weight excluding hydrogens is 336 g/mol. The lowest BCUT2D eigenvalue weighted by molar-refractivity contribution is -0.118. The van der Waals surface area contributed by atoms with Crippen molar-refractivity contribution in [2.45, 2.75) is 19.8 Å². The van der Waals surface area contributed by atoms with E-state index in [2.05, 4.69) is 0 Å². The van der Waals surface area contributed by atoms with Gasteiger partial charge in [0.2, 0.25) is 15.9 Å². The maximum absolute atomic E-state index is 12.9. The highest BCUT2D eigenvalue weighted by Gasteiger charge is 2.28. The van der Waals surface area contributed by atoms with E-state index in [9.17, 15) is 13.2 Å². The topological polar surface area (TPSA) is 57.7 Å². The molecule has 1 heterocycles. The minimum absolute atomic E-state index is 0.0200. The molecule has 1 amide bonds. The predicted molar refractivity (Wildman–Crippen MR) is 100 cm³/mol. The van der Waals surface area contributed by atoms with Crippen molar-refractivity contribution in [3.63, 3.8) is 0 Å². The smallest absolute Gasteiger partial charge is 0.232 e. The summed E-state index contributed by atoms with van der Waals surface area (Å²) in [5.74, 6) is -0.0200. The summed E-state index contributed by atoms with van der Waals surface area (Å²) in [5, 5.41) is 0. The van der Waals surface area contributed by atoms with Gasteiger partial charge in [-0.2, -0.15) is 0 Å². The molecular formula is C19H22N2O3S. The molecule has 1 aliphatic rings. The van der Waals surface area contributed by atoms with Crippen LogP contribution in [0.3, 0.4) is 0 Å². The van der Waals surface area contributed by atoms with Gasteiger partial charge in [-0.3, -0.25) is 9.10 Å². The molecule has 0 spiro atoms. The van der Waals surface area contributed by atoms with Gasteiger partial charge in [-0.05, 0) is 31.0 Å². The van der Waals surface area contributed by atoms with Crippen LogP contribution in [-0.2, 0) is 21.2 Å². The Labute approximate surface area is 148 Å². The van der Waals surface area contributed by atoms with Gasteiger partial charge in [0, 0.05) is 13.1 Å². The summed E-state index contributed by atoms with van der Waals surface area (Å²) in [5.41, 5.74) is 3.31. The number of carbonyl (C=O) groups is 1. The Kier molecular flexibility index (Phi) is 4.81. The summed E-state index contributed by atoms with van der Waals surface area (Å²) >= 11 is 0. The number of fused-ring (bicyclic) bond motifs is 1. The molecule has 3 rings (SSSR count). The van der Waals surface area contributed by atoms with Crippen LogP contribution in [0.15, 0.2) is 48.5 Å². The van der Waals surface area contributed by atoms with Crippen LogP contribution in [0.5, 0.6) is 0 Å². The zero-order valence-electron chi connectivity index (χ0n) is 14.5. The summed E-state index contributed by atoms with van der Waals surface area (Å²) in [7, 11) is -3.38. The normalized spacial score (nSPS) is 14.8. The third-order valence-corrected chi connectivity index (χ3v) is 5.50. The van der Waals surface area contributed by atoms with Crippen molar-refractivity contribution in [3.05, 3.63) is 59.7 Å². The molecule has 0 aromatic heterocycles. The van der Waals surface area contributed by atoms with E-state index in [-0.39, 0.29) is 5.91 Å². The van der Waals surface area contributed by atoms with Gasteiger partial charge in [-0.1, -0.05) is 42.0 Å². The molecule has 132 valence electrons. The summed E-state index contributed by atoms with van der Waals surface area (Å²) in [6.45, 7) is 2.89. The van der Waals surface area contributed by atoms with E-state index in [1.54, 1.807) is 17.0 Å². The number of benzene rings is 2. The van der Waals surface area contributed by atoms with E-state index in [4.69, 9.17) is 0 Å². The molecule has 0 saturated heterocycles. The number of aryl methyl sites for hydroxylation is 1. The second-order valence-electron chi connectivity index (χ2n) is 6.39. The maximum Gasteiger partial charge on any atom is 0.232 e. The first-order valence-electron chi connectivity index (χ1n) is 8.29. The Balaban J connectivity index is 1.94. The molecule has 0 bridgehead atoms. The zero-order valence-corrected chi connectivity index (χ0v) is 15.3. The Bertz CT molecular complexity index is 893. The van der Waals surface area contributed by atoms with Crippen LogP contribution in [0, 0.1) is 6.92 Å². The quantitative estimate of drug-likeness (QED) is 0.848. The van der Waals surface area contributed by atoms with Crippen molar-refractivity contribution in [1.82, 2.24) is 0 Å². The SMILES string of the molecule is Cc1cccc(CC(=O)N2CCCN(S(C)(=O)=O)c3ccccc32)c1. The monoisotopic (exact) mass is 358 g/mol. The van der Waals surface area contributed by atoms with Gasteiger partial charge < -0.3 is 4.90 Å². The number of hydrogen-bond donors (Lipinski definition) is 0. The first kappa shape index (κ1) is 17.5. The highest BCUT2D eigenvalue weighted by atomic mass is 32.2. The Morgan fingerprint density at radius 1 is 1.04 bits per heavy atom. The molecule has 0 aliphatic carbocycles. The highest BCUT2D eigenvalue weighted by Crippen LogP contribution is 2.34. The number of para-hydroxylation sites is 2. The molecule has 1 aliphatic heterocycles. The van der Waals surface area contributed by atoms with E-state index in [1.807, 2.05) is 43.3 Å². The van der Waals surface area contributed by atoms with Crippen LogP contribution in [0.1, 0.15) is 17.5 Å². The lowest BCUT2D eigenvalue weighted by atomic mass is 10.1. The lowest BCUT2D eigenvalue weighted by Crippen LogP contribution is -2.32. The summed E-state index contributed by atoms with van der Waals surface area (Å²) < 4.78 is 25.6. The fraction of sp³-hybridized carbons (Fsp3) is 0.316. The Hall–Kier alpha value is -2.34. The van der Waals surface area contributed by atoms with Gasteiger partial charge in [-0.15, -0.1) is 0 Å². The molecule has 0 saturated carbocycles. The molecule has 5 nitrogen and oxygen atoms in total.